The van der Waals surface area contributed by atoms with Crippen LogP contribution < -0.4 is 12.2 Å². The predicted octanol–water partition coefficient (Wildman–Crippen LogP) is 4.08. The van der Waals surface area contributed by atoms with Crippen molar-refractivity contribution in [1.82, 2.24) is 9.80 Å². The second-order valence-electron chi connectivity index (χ2n) is 12.2. The number of ether oxygens (including phenoxy) is 4. The number of piperidine rings is 1. The third-order valence-electron chi connectivity index (χ3n) is 7.58. The van der Waals surface area contributed by atoms with Crippen molar-refractivity contribution in [2.75, 3.05) is 40.5 Å². The fourth-order valence-electron chi connectivity index (χ4n) is 5.49. The molecule has 2 fully saturated rings. The number of likely N-dealkylation sites (tertiary alicyclic amines) is 1. The molecule has 1 saturated heterocycles. The first-order chi connectivity index (χ1) is 20.5. The van der Waals surface area contributed by atoms with Crippen molar-refractivity contribution in [2.45, 2.75) is 70.2 Å². The molecule has 10 nitrogen and oxygen atoms in total. The SMILES string of the molecule is COCCCOc1cc(CN(C(=O)[C@H]2CN(C(=O)OC(C)(C)C)C[C@@H](O)[C@@H]2c2cccc([O][Tl])c2)C2CC2)cc(OC)c1. The molecule has 0 unspecified atom stereocenters. The molecule has 2 aromatic rings. The van der Waals surface area contributed by atoms with Gasteiger partial charge in [-0.2, -0.15) is 0 Å². The van der Waals surface area contributed by atoms with E-state index < -0.39 is 29.6 Å². The summed E-state index contributed by atoms with van der Waals surface area (Å²) >= 11 is 0.304. The van der Waals surface area contributed by atoms with Crippen LogP contribution in [0.2, 0.25) is 0 Å². The van der Waals surface area contributed by atoms with Gasteiger partial charge in [0.2, 0.25) is 0 Å². The van der Waals surface area contributed by atoms with Crippen LogP contribution in [0.15, 0.2) is 42.5 Å². The number of carbonyl (C=O) groups excluding carboxylic acids is 2. The topological polar surface area (TPSA) is 107 Å². The molecule has 43 heavy (non-hydrogen) atoms. The van der Waals surface area contributed by atoms with Crippen LogP contribution in [0.25, 0.3) is 0 Å². The van der Waals surface area contributed by atoms with E-state index in [1.807, 2.05) is 47.4 Å². The summed E-state index contributed by atoms with van der Waals surface area (Å²) in [5, 5.41) is 11.5. The van der Waals surface area contributed by atoms with E-state index in [1.165, 1.54) is 4.90 Å². The zero-order valence-electron chi connectivity index (χ0n) is 25.8. The first-order valence-corrected chi connectivity index (χ1v) is 16.6. The van der Waals surface area contributed by atoms with Gasteiger partial charge in [-0.15, -0.1) is 0 Å². The molecule has 0 aromatic heterocycles. The molecule has 3 atom stereocenters. The Morgan fingerprint density at radius 1 is 1.02 bits per heavy atom. The smallest absolute Gasteiger partial charge is 0.497 e. The minimum atomic E-state index is -0.966. The van der Waals surface area contributed by atoms with E-state index in [1.54, 1.807) is 35.0 Å². The fourth-order valence-corrected chi connectivity index (χ4v) is 6.06. The van der Waals surface area contributed by atoms with Crippen molar-refractivity contribution in [3.63, 3.8) is 0 Å². The average Bonchev–Trinajstić information content (AvgIpc) is 3.82. The minimum absolute atomic E-state index is 0.0696. The van der Waals surface area contributed by atoms with Gasteiger partial charge in [0, 0.05) is 26.2 Å². The first-order valence-electron chi connectivity index (χ1n) is 14.8. The van der Waals surface area contributed by atoms with Crippen LogP contribution in [0.4, 0.5) is 4.79 Å². The number of benzene rings is 2. The summed E-state index contributed by atoms with van der Waals surface area (Å²) in [6.07, 6.45) is 1.04. The van der Waals surface area contributed by atoms with Crippen LogP contribution >= 0.6 is 0 Å². The summed E-state index contributed by atoms with van der Waals surface area (Å²) in [6, 6.07) is 13.3. The number of aliphatic hydroxyl groups excluding tert-OH is 1. The number of rotatable bonds is 12. The van der Waals surface area contributed by atoms with E-state index in [0.29, 0.717) is 63.2 Å². The van der Waals surface area contributed by atoms with Gasteiger partial charge in [0.25, 0.3) is 0 Å². The summed E-state index contributed by atoms with van der Waals surface area (Å²) in [7, 11) is 3.26. The summed E-state index contributed by atoms with van der Waals surface area (Å²) < 4.78 is 27.9. The van der Waals surface area contributed by atoms with Crippen LogP contribution in [-0.4, -0.2) is 111 Å². The molecule has 0 radical (unpaired) electrons. The van der Waals surface area contributed by atoms with E-state index in [2.05, 4.69) is 0 Å². The quantitative estimate of drug-likeness (QED) is 0.254. The van der Waals surface area contributed by atoms with E-state index in [0.717, 1.165) is 30.4 Å². The molecule has 1 aliphatic carbocycles. The molecule has 11 heteroatoms. The molecular formula is C32H43N2O8Tl. The first kappa shape index (κ1) is 33.3. The van der Waals surface area contributed by atoms with Gasteiger partial charge in [-0.3, -0.25) is 0 Å². The van der Waals surface area contributed by atoms with Crippen molar-refractivity contribution >= 4 is 38.2 Å². The molecule has 1 saturated carbocycles. The number of hydrogen-bond acceptors (Lipinski definition) is 8. The van der Waals surface area contributed by atoms with Crippen molar-refractivity contribution in [3.05, 3.63) is 53.6 Å². The monoisotopic (exact) mass is 788 g/mol. The minimum Gasteiger partial charge on any atom is -0.497 e. The normalized spacial score (nSPS) is 20.3. The molecule has 1 aliphatic heterocycles. The van der Waals surface area contributed by atoms with Crippen molar-refractivity contribution in [2.24, 2.45) is 5.92 Å². The molecule has 0 bridgehead atoms. The molecule has 232 valence electrons. The fraction of sp³-hybridized carbons (Fsp3) is 0.562. The van der Waals surface area contributed by atoms with Crippen LogP contribution in [0.5, 0.6) is 17.2 Å². The van der Waals surface area contributed by atoms with Crippen molar-refractivity contribution < 1.29 is 36.3 Å². The van der Waals surface area contributed by atoms with Gasteiger partial charge in [0.15, 0.2) is 0 Å². The number of nitrogens with zero attached hydrogens (tertiary/aromatic N) is 2. The second-order valence-corrected chi connectivity index (χ2v) is 13.1. The van der Waals surface area contributed by atoms with Gasteiger partial charge in [0.1, 0.15) is 0 Å². The third kappa shape index (κ3) is 9.21. The van der Waals surface area contributed by atoms with E-state index >= 15 is 0 Å². The number of amides is 2. The third-order valence-corrected chi connectivity index (χ3v) is 8.64. The van der Waals surface area contributed by atoms with E-state index in [-0.39, 0.29) is 25.0 Å². The Balaban J connectivity index is 1.64. The van der Waals surface area contributed by atoms with Crippen molar-refractivity contribution in [1.29, 1.82) is 0 Å². The number of β-amino-alcohol motifs (C(OH)–C–C–N with tert-alkyl or cyclic N) is 1. The van der Waals surface area contributed by atoms with Crippen LogP contribution in [0, 0.1) is 5.92 Å². The Labute approximate surface area is 270 Å². The zero-order chi connectivity index (χ0) is 31.1. The number of carbonyl (C=O) groups is 2. The van der Waals surface area contributed by atoms with Gasteiger partial charge < -0.3 is 14.2 Å². The Morgan fingerprint density at radius 2 is 1.77 bits per heavy atom. The van der Waals surface area contributed by atoms with Crippen LogP contribution in [0.3, 0.4) is 0 Å². The summed E-state index contributed by atoms with van der Waals surface area (Å²) in [5.41, 5.74) is 0.994. The molecule has 2 aliphatic rings. The Hall–Kier alpha value is -2.58. The Kier molecular flexibility index (Phi) is 11.6. The van der Waals surface area contributed by atoms with Crippen molar-refractivity contribution in [3.8, 4) is 17.2 Å². The summed E-state index contributed by atoms with van der Waals surface area (Å²) in [4.78, 5) is 31.0. The molecule has 2 amide bonds. The van der Waals surface area contributed by atoms with Gasteiger partial charge in [-0.25, -0.2) is 0 Å². The number of hydrogen-bond donors (Lipinski definition) is 1. The molecule has 1 N–H and O–H groups in total. The number of methoxy groups -OCH3 is 2. The maximum atomic E-state index is 14.5. The summed E-state index contributed by atoms with van der Waals surface area (Å²) in [5.74, 6) is 0.714. The summed E-state index contributed by atoms with van der Waals surface area (Å²) in [6.45, 7) is 7.06. The van der Waals surface area contributed by atoms with Gasteiger partial charge >= 0.3 is 218 Å². The molecule has 4 rings (SSSR count). The van der Waals surface area contributed by atoms with E-state index in [9.17, 15) is 14.7 Å². The van der Waals surface area contributed by atoms with Gasteiger partial charge in [0.05, 0.1) is 13.7 Å². The average molecular weight is 788 g/mol. The zero-order valence-corrected chi connectivity index (χ0v) is 30.3. The molecule has 1 heterocycles. The predicted molar refractivity (Wildman–Crippen MR) is 161 cm³/mol. The maximum absolute atomic E-state index is 14.5. The molecular weight excluding hydrogens is 745 g/mol. The van der Waals surface area contributed by atoms with Crippen LogP contribution in [0.1, 0.15) is 57.1 Å². The Morgan fingerprint density at radius 3 is 2.42 bits per heavy atom. The standard InChI is InChI=1S/C32H44N2O8.Tl/c1-32(2,3)42-31(38)33-19-27(29(28(36)20-33)22-8-6-9-24(35)16-22)30(37)34(23-10-11-23)18-21-14-25(40-5)17-26(15-21)41-13-7-12-39-4;/h6,8-9,14-17,23,27-29,35-36H,7,10-13,18-20H2,1-5H3;/q;+1/p-1/t27-,28+,29+;/m0./s1. The molecule has 2 aromatic carbocycles. The molecule has 0 spiro atoms. The number of aliphatic hydroxyl groups is 1. The van der Waals surface area contributed by atoms with Gasteiger partial charge in [-0.05, 0) is 0 Å². The van der Waals surface area contributed by atoms with E-state index in [4.69, 9.17) is 21.6 Å². The second kappa shape index (κ2) is 14.9. The Bertz CT molecular complexity index is 1250. The van der Waals surface area contributed by atoms with Crippen LogP contribution in [-0.2, 0) is 20.8 Å². The van der Waals surface area contributed by atoms with Gasteiger partial charge in [-0.1, -0.05) is 0 Å².